The van der Waals surface area contributed by atoms with E-state index in [1.807, 2.05) is 38.1 Å². The quantitative estimate of drug-likeness (QED) is 0.633. The molecule has 0 saturated heterocycles. The summed E-state index contributed by atoms with van der Waals surface area (Å²) >= 11 is 3.20. The summed E-state index contributed by atoms with van der Waals surface area (Å²) in [4.78, 5) is 0. The number of benzene rings is 2. The molecule has 112 valence electrons. The molecule has 0 bridgehead atoms. The van der Waals surface area contributed by atoms with E-state index in [0.29, 0.717) is 15.8 Å². The van der Waals surface area contributed by atoms with Crippen molar-refractivity contribution in [3.63, 3.8) is 0 Å². The fraction of sp³-hybridized carbons (Fsp3) is 0.250. The number of hydrogen-bond donors (Lipinski definition) is 2. The smallest absolute Gasteiger partial charge is 0.142 e. The zero-order chi connectivity index (χ0) is 15.4. The maximum atomic E-state index is 14.3. The van der Waals surface area contributed by atoms with Gasteiger partial charge in [0.25, 0.3) is 0 Å². The molecular weight excluding hydrogens is 335 g/mol. The van der Waals surface area contributed by atoms with Crippen LogP contribution < -0.4 is 16.0 Å². The van der Waals surface area contributed by atoms with Crippen LogP contribution in [0, 0.1) is 5.82 Å². The van der Waals surface area contributed by atoms with Gasteiger partial charge in [-0.05, 0) is 41.9 Å². The third kappa shape index (κ3) is 3.61. The fourth-order valence-electron chi connectivity index (χ4n) is 2.17. The van der Waals surface area contributed by atoms with E-state index < -0.39 is 6.04 Å². The SMILES string of the molecule is CC(C)Oc1ccccc1C(NN)c1cccc(Br)c1F. The van der Waals surface area contributed by atoms with E-state index in [9.17, 15) is 4.39 Å². The molecule has 5 heteroatoms. The average molecular weight is 353 g/mol. The Bertz CT molecular complexity index is 619. The number of nitrogens with one attached hydrogen (secondary N) is 1. The van der Waals surface area contributed by atoms with Gasteiger partial charge in [0.2, 0.25) is 0 Å². The minimum absolute atomic E-state index is 0.0249. The molecule has 0 aromatic heterocycles. The Labute approximate surface area is 132 Å². The Balaban J connectivity index is 2.49. The molecule has 0 aliphatic heterocycles. The van der Waals surface area contributed by atoms with E-state index in [-0.39, 0.29) is 11.9 Å². The number of ether oxygens (including phenoxy) is 1. The van der Waals surface area contributed by atoms with Crippen LogP contribution in [0.15, 0.2) is 46.9 Å². The molecule has 0 fully saturated rings. The van der Waals surface area contributed by atoms with Crippen LogP contribution in [-0.2, 0) is 0 Å². The van der Waals surface area contributed by atoms with Crippen LogP contribution in [0.1, 0.15) is 31.0 Å². The Kier molecular flexibility index (Phi) is 5.33. The van der Waals surface area contributed by atoms with Gasteiger partial charge in [-0.3, -0.25) is 5.84 Å². The monoisotopic (exact) mass is 352 g/mol. The molecule has 0 amide bonds. The predicted molar refractivity (Wildman–Crippen MR) is 85.5 cm³/mol. The number of rotatable bonds is 5. The van der Waals surface area contributed by atoms with Crippen LogP contribution in [0.2, 0.25) is 0 Å². The molecule has 21 heavy (non-hydrogen) atoms. The third-order valence-corrected chi connectivity index (χ3v) is 3.66. The first-order chi connectivity index (χ1) is 10.0. The lowest BCUT2D eigenvalue weighted by atomic mass is 9.98. The van der Waals surface area contributed by atoms with Crippen LogP contribution in [-0.4, -0.2) is 6.10 Å². The Morgan fingerprint density at radius 2 is 1.76 bits per heavy atom. The summed E-state index contributed by atoms with van der Waals surface area (Å²) in [6.07, 6.45) is 0.0249. The second kappa shape index (κ2) is 7.02. The molecule has 0 spiro atoms. The van der Waals surface area contributed by atoms with E-state index in [0.717, 1.165) is 5.56 Å². The minimum Gasteiger partial charge on any atom is -0.491 e. The Morgan fingerprint density at radius 1 is 1.10 bits per heavy atom. The van der Waals surface area contributed by atoms with Crippen molar-refractivity contribution in [1.82, 2.24) is 5.43 Å². The van der Waals surface area contributed by atoms with Crippen LogP contribution in [0.4, 0.5) is 4.39 Å². The molecule has 1 atom stereocenters. The summed E-state index contributed by atoms with van der Waals surface area (Å²) < 4.78 is 20.5. The lowest BCUT2D eigenvalue weighted by molar-refractivity contribution is 0.238. The van der Waals surface area contributed by atoms with Gasteiger partial charge in [0.15, 0.2) is 0 Å². The van der Waals surface area contributed by atoms with Gasteiger partial charge in [-0.2, -0.15) is 0 Å². The first-order valence-electron chi connectivity index (χ1n) is 6.70. The van der Waals surface area contributed by atoms with Gasteiger partial charge in [0.1, 0.15) is 11.6 Å². The molecule has 3 N–H and O–H groups in total. The van der Waals surface area contributed by atoms with Crippen molar-refractivity contribution >= 4 is 15.9 Å². The Hall–Kier alpha value is -1.43. The summed E-state index contributed by atoms with van der Waals surface area (Å²) in [5.74, 6) is 6.02. The van der Waals surface area contributed by atoms with Crippen LogP contribution in [0.25, 0.3) is 0 Å². The predicted octanol–water partition coefficient (Wildman–Crippen LogP) is 3.93. The molecular formula is C16H18BrFN2O. The van der Waals surface area contributed by atoms with E-state index in [4.69, 9.17) is 10.6 Å². The second-order valence-corrected chi connectivity index (χ2v) is 5.80. The number of para-hydroxylation sites is 1. The lowest BCUT2D eigenvalue weighted by Gasteiger charge is -2.22. The topological polar surface area (TPSA) is 47.3 Å². The second-order valence-electron chi connectivity index (χ2n) is 4.95. The highest BCUT2D eigenvalue weighted by atomic mass is 79.9. The van der Waals surface area contributed by atoms with Crippen molar-refractivity contribution in [2.24, 2.45) is 5.84 Å². The molecule has 0 radical (unpaired) electrons. The maximum absolute atomic E-state index is 14.3. The molecule has 2 aromatic carbocycles. The molecule has 0 saturated carbocycles. The lowest BCUT2D eigenvalue weighted by Crippen LogP contribution is -2.30. The van der Waals surface area contributed by atoms with Gasteiger partial charge < -0.3 is 4.74 Å². The molecule has 3 nitrogen and oxygen atoms in total. The standard InChI is InChI=1S/C16H18BrFN2O/c1-10(2)21-14-9-4-3-6-11(14)16(20-19)12-7-5-8-13(17)15(12)18/h3-10,16,20H,19H2,1-2H3. The van der Waals surface area contributed by atoms with Gasteiger partial charge >= 0.3 is 0 Å². The summed E-state index contributed by atoms with van der Waals surface area (Å²) in [5.41, 5.74) is 3.94. The minimum atomic E-state index is -0.488. The molecule has 0 aliphatic rings. The van der Waals surface area contributed by atoms with Crippen LogP contribution >= 0.6 is 15.9 Å². The van der Waals surface area contributed by atoms with Crippen LogP contribution in [0.5, 0.6) is 5.75 Å². The van der Waals surface area contributed by atoms with E-state index in [1.165, 1.54) is 0 Å². The van der Waals surface area contributed by atoms with E-state index in [1.54, 1.807) is 18.2 Å². The van der Waals surface area contributed by atoms with Crippen molar-refractivity contribution in [2.45, 2.75) is 26.0 Å². The number of hydrogen-bond acceptors (Lipinski definition) is 3. The summed E-state index contributed by atoms with van der Waals surface area (Å²) in [7, 11) is 0. The normalized spacial score (nSPS) is 12.5. The van der Waals surface area contributed by atoms with Gasteiger partial charge in [-0.25, -0.2) is 9.82 Å². The largest absolute Gasteiger partial charge is 0.491 e. The van der Waals surface area contributed by atoms with Gasteiger partial charge in [-0.1, -0.05) is 30.3 Å². The highest BCUT2D eigenvalue weighted by Gasteiger charge is 2.21. The number of nitrogens with two attached hydrogens (primary N) is 1. The summed E-state index contributed by atoms with van der Waals surface area (Å²) in [6.45, 7) is 3.89. The maximum Gasteiger partial charge on any atom is 0.142 e. The number of halogens is 2. The zero-order valence-corrected chi connectivity index (χ0v) is 13.5. The zero-order valence-electron chi connectivity index (χ0n) is 11.9. The highest BCUT2D eigenvalue weighted by Crippen LogP contribution is 2.33. The van der Waals surface area contributed by atoms with Gasteiger partial charge in [-0.15, -0.1) is 0 Å². The van der Waals surface area contributed by atoms with Crippen LogP contribution in [0.3, 0.4) is 0 Å². The fourth-order valence-corrected chi connectivity index (χ4v) is 2.55. The van der Waals surface area contributed by atoms with E-state index >= 15 is 0 Å². The molecule has 2 rings (SSSR count). The molecule has 0 aliphatic carbocycles. The van der Waals surface area contributed by atoms with Crippen molar-refractivity contribution in [3.05, 3.63) is 63.9 Å². The van der Waals surface area contributed by atoms with Crippen molar-refractivity contribution < 1.29 is 9.13 Å². The first kappa shape index (κ1) is 15.9. The van der Waals surface area contributed by atoms with Crippen molar-refractivity contribution in [3.8, 4) is 5.75 Å². The van der Waals surface area contributed by atoms with Gasteiger partial charge in [0.05, 0.1) is 16.6 Å². The van der Waals surface area contributed by atoms with Gasteiger partial charge in [0, 0.05) is 11.1 Å². The Morgan fingerprint density at radius 3 is 2.43 bits per heavy atom. The highest BCUT2D eigenvalue weighted by molar-refractivity contribution is 9.10. The third-order valence-electron chi connectivity index (χ3n) is 3.05. The van der Waals surface area contributed by atoms with Crippen molar-refractivity contribution in [1.29, 1.82) is 0 Å². The molecule has 1 unspecified atom stereocenters. The van der Waals surface area contributed by atoms with E-state index in [2.05, 4.69) is 21.4 Å². The molecule has 0 heterocycles. The average Bonchev–Trinajstić information content (AvgIpc) is 2.45. The number of hydrazine groups is 1. The summed E-state index contributed by atoms with van der Waals surface area (Å²) in [5, 5.41) is 0. The summed E-state index contributed by atoms with van der Waals surface area (Å²) in [6, 6.07) is 12.1. The van der Waals surface area contributed by atoms with Crippen molar-refractivity contribution in [2.75, 3.05) is 0 Å². The first-order valence-corrected chi connectivity index (χ1v) is 7.49. The molecule has 2 aromatic rings.